The molecule has 0 aliphatic heterocycles. The van der Waals surface area contributed by atoms with E-state index in [4.69, 9.17) is 5.26 Å². The molecule has 0 saturated carbocycles. The maximum absolute atomic E-state index is 15.0. The number of halogens is 1. The van der Waals surface area contributed by atoms with Crippen LogP contribution in [0.5, 0.6) is 0 Å². The van der Waals surface area contributed by atoms with Crippen molar-refractivity contribution in [3.63, 3.8) is 0 Å². The maximum atomic E-state index is 15.0. The molecule has 4 rings (SSSR count). The van der Waals surface area contributed by atoms with Gasteiger partial charge >= 0.3 is 0 Å². The van der Waals surface area contributed by atoms with Gasteiger partial charge in [-0.25, -0.2) is 21.8 Å². The lowest BCUT2D eigenvalue weighted by molar-refractivity contribution is 0.587. The Morgan fingerprint density at radius 1 is 1.09 bits per heavy atom. The molecule has 0 spiro atoms. The Labute approximate surface area is 196 Å². The summed E-state index contributed by atoms with van der Waals surface area (Å²) in [5, 5.41) is 15.2. The van der Waals surface area contributed by atoms with Crippen molar-refractivity contribution in [1.29, 1.82) is 5.26 Å². The van der Waals surface area contributed by atoms with E-state index in [0.717, 1.165) is 3.97 Å². The number of pyridine rings is 2. The van der Waals surface area contributed by atoms with Gasteiger partial charge in [-0.05, 0) is 49.0 Å². The number of aromatic nitrogens is 3. The zero-order chi connectivity index (χ0) is 24.1. The number of nitrogens with one attached hydrogen (secondary N) is 2. The van der Waals surface area contributed by atoms with Crippen LogP contribution in [0, 0.1) is 17.1 Å². The summed E-state index contributed by atoms with van der Waals surface area (Å²) in [7, 11) is -2.32. The fraction of sp³-hybridized carbons (Fsp3) is 0.125. The second-order valence-corrected chi connectivity index (χ2v) is 9.19. The SMILES string of the molecule is CNCc1cn(S(=O)(=O)c2cccnc2)c(-c2ccccc2F)c1CNc1ccc(C#N)cn1. The number of hydrogen-bond donors (Lipinski definition) is 2. The van der Waals surface area contributed by atoms with Gasteiger partial charge in [-0.3, -0.25) is 4.98 Å². The molecule has 0 fully saturated rings. The molecule has 0 aliphatic carbocycles. The van der Waals surface area contributed by atoms with Crippen molar-refractivity contribution < 1.29 is 12.8 Å². The molecule has 172 valence electrons. The summed E-state index contributed by atoms with van der Waals surface area (Å²) in [6.45, 7) is 0.532. The minimum Gasteiger partial charge on any atom is -0.366 e. The van der Waals surface area contributed by atoms with Gasteiger partial charge < -0.3 is 10.6 Å². The molecule has 0 saturated heterocycles. The van der Waals surface area contributed by atoms with E-state index < -0.39 is 15.8 Å². The average molecular weight is 477 g/mol. The highest BCUT2D eigenvalue weighted by molar-refractivity contribution is 7.90. The molecule has 2 N–H and O–H groups in total. The van der Waals surface area contributed by atoms with E-state index in [9.17, 15) is 12.8 Å². The average Bonchev–Trinajstić information content (AvgIpc) is 3.23. The van der Waals surface area contributed by atoms with Crippen LogP contribution in [0.4, 0.5) is 10.2 Å². The van der Waals surface area contributed by atoms with Crippen LogP contribution < -0.4 is 10.6 Å². The molecule has 0 aliphatic rings. The summed E-state index contributed by atoms with van der Waals surface area (Å²) in [6, 6.07) is 14.3. The summed E-state index contributed by atoms with van der Waals surface area (Å²) >= 11 is 0. The van der Waals surface area contributed by atoms with Crippen LogP contribution >= 0.6 is 0 Å². The number of anilines is 1. The van der Waals surface area contributed by atoms with Crippen molar-refractivity contribution in [2.24, 2.45) is 0 Å². The summed E-state index contributed by atoms with van der Waals surface area (Å²) in [6.07, 6.45) is 5.69. The van der Waals surface area contributed by atoms with Crippen molar-refractivity contribution in [2.75, 3.05) is 12.4 Å². The molecule has 0 amide bonds. The van der Waals surface area contributed by atoms with Crippen LogP contribution in [0.3, 0.4) is 0 Å². The number of nitrogens with zero attached hydrogens (tertiary/aromatic N) is 4. The third-order valence-corrected chi connectivity index (χ3v) is 6.84. The molecule has 0 atom stereocenters. The van der Waals surface area contributed by atoms with Crippen molar-refractivity contribution >= 4 is 15.8 Å². The first-order valence-electron chi connectivity index (χ1n) is 10.3. The Morgan fingerprint density at radius 3 is 2.56 bits per heavy atom. The van der Waals surface area contributed by atoms with Gasteiger partial charge in [0.15, 0.2) is 0 Å². The number of hydrogen-bond acceptors (Lipinski definition) is 7. The van der Waals surface area contributed by atoms with Gasteiger partial charge in [0.05, 0.1) is 11.3 Å². The molecule has 34 heavy (non-hydrogen) atoms. The quantitative estimate of drug-likeness (QED) is 0.400. The highest BCUT2D eigenvalue weighted by Crippen LogP contribution is 2.34. The van der Waals surface area contributed by atoms with Crippen molar-refractivity contribution in [2.45, 2.75) is 18.0 Å². The summed E-state index contributed by atoms with van der Waals surface area (Å²) in [5.74, 6) is -0.0475. The molecule has 8 nitrogen and oxygen atoms in total. The van der Waals surface area contributed by atoms with Crippen LogP contribution in [-0.2, 0) is 23.1 Å². The van der Waals surface area contributed by atoms with E-state index in [1.807, 2.05) is 6.07 Å². The standard InChI is InChI=1S/C24H21FN6O2S/c1-27-13-18-16-31(34(32,33)19-5-4-10-28-14-19)24(20-6-2-3-7-22(20)25)21(18)15-30-23-9-8-17(11-26)12-29-23/h2-10,12,14,16,27H,13,15H2,1H3,(H,29,30). The van der Waals surface area contributed by atoms with Gasteiger partial charge in [-0.1, -0.05) is 12.1 Å². The summed E-state index contributed by atoms with van der Waals surface area (Å²) in [4.78, 5) is 8.13. The van der Waals surface area contributed by atoms with Crippen molar-refractivity contribution in [3.05, 3.63) is 95.8 Å². The summed E-state index contributed by atoms with van der Waals surface area (Å²) < 4.78 is 43.2. The zero-order valence-corrected chi connectivity index (χ0v) is 19.1. The first kappa shape index (κ1) is 23.1. The second-order valence-electron chi connectivity index (χ2n) is 7.38. The summed E-state index contributed by atoms with van der Waals surface area (Å²) in [5.41, 5.74) is 2.06. The van der Waals surface area contributed by atoms with E-state index in [0.29, 0.717) is 29.1 Å². The highest BCUT2D eigenvalue weighted by Gasteiger charge is 2.27. The highest BCUT2D eigenvalue weighted by atomic mass is 32.2. The van der Waals surface area contributed by atoms with E-state index in [2.05, 4.69) is 20.6 Å². The minimum absolute atomic E-state index is 0.00753. The number of rotatable bonds is 8. The molecule has 0 bridgehead atoms. The molecule has 10 heteroatoms. The maximum Gasteiger partial charge on any atom is 0.269 e. The zero-order valence-electron chi connectivity index (χ0n) is 18.2. The van der Waals surface area contributed by atoms with Gasteiger partial charge in [0.1, 0.15) is 22.6 Å². The first-order valence-corrected chi connectivity index (χ1v) is 11.8. The normalized spacial score (nSPS) is 11.2. The van der Waals surface area contributed by atoms with Crippen LogP contribution in [0.15, 0.2) is 78.2 Å². The molecule has 3 heterocycles. The minimum atomic E-state index is -4.07. The first-order chi connectivity index (χ1) is 16.5. The lowest BCUT2D eigenvalue weighted by atomic mass is 10.0. The number of nitriles is 1. The third kappa shape index (κ3) is 4.52. The van der Waals surface area contributed by atoms with Gasteiger partial charge in [0.25, 0.3) is 10.0 Å². The topological polar surface area (TPSA) is 113 Å². The van der Waals surface area contributed by atoms with E-state index >= 15 is 0 Å². The van der Waals surface area contributed by atoms with E-state index in [1.165, 1.54) is 43.0 Å². The number of benzene rings is 1. The molecular weight excluding hydrogens is 455 g/mol. The van der Waals surface area contributed by atoms with Gasteiger partial charge in [-0.2, -0.15) is 5.26 Å². The molecule has 0 radical (unpaired) electrons. The molecule has 0 unspecified atom stereocenters. The predicted octanol–water partition coefficient (Wildman–Crippen LogP) is 3.52. The largest absolute Gasteiger partial charge is 0.366 e. The van der Waals surface area contributed by atoms with Crippen molar-refractivity contribution in [1.82, 2.24) is 19.3 Å². The van der Waals surface area contributed by atoms with Crippen molar-refractivity contribution in [3.8, 4) is 17.3 Å². The Bertz CT molecular complexity index is 1450. The van der Waals surface area contributed by atoms with Crippen LogP contribution in [0.1, 0.15) is 16.7 Å². The third-order valence-electron chi connectivity index (χ3n) is 5.19. The van der Waals surface area contributed by atoms with Crippen LogP contribution in [-0.4, -0.2) is 29.4 Å². The predicted molar refractivity (Wildman–Crippen MR) is 126 cm³/mol. The Balaban J connectivity index is 1.88. The lowest BCUT2D eigenvalue weighted by Crippen LogP contribution is -2.15. The van der Waals surface area contributed by atoms with E-state index in [1.54, 1.807) is 37.4 Å². The van der Waals surface area contributed by atoms with Gasteiger partial charge in [-0.15, -0.1) is 0 Å². The Hall–Kier alpha value is -4.07. The van der Waals surface area contributed by atoms with Gasteiger partial charge in [0.2, 0.25) is 0 Å². The molecule has 4 aromatic rings. The Morgan fingerprint density at radius 2 is 1.91 bits per heavy atom. The Kier molecular flexibility index (Phi) is 6.67. The molecular formula is C24H21FN6O2S. The molecule has 3 aromatic heterocycles. The second kappa shape index (κ2) is 9.82. The monoisotopic (exact) mass is 476 g/mol. The van der Waals surface area contributed by atoms with Crippen LogP contribution in [0.2, 0.25) is 0 Å². The lowest BCUT2D eigenvalue weighted by Gasteiger charge is -2.14. The fourth-order valence-corrected chi connectivity index (χ4v) is 4.98. The van der Waals surface area contributed by atoms with E-state index in [-0.39, 0.29) is 22.7 Å². The van der Waals surface area contributed by atoms with Crippen LogP contribution in [0.25, 0.3) is 11.3 Å². The fourth-order valence-electron chi connectivity index (χ4n) is 3.59. The smallest absolute Gasteiger partial charge is 0.269 e. The molecule has 1 aromatic carbocycles. The van der Waals surface area contributed by atoms with Gasteiger partial charge in [0, 0.05) is 49.0 Å².